The number of nitrogens with one attached hydrogen (secondary N) is 2. The summed E-state index contributed by atoms with van der Waals surface area (Å²) < 4.78 is 100. The molecule has 2 aromatic carbocycles. The molecule has 9 nitrogen and oxygen atoms in total. The third kappa shape index (κ3) is 7.64. The molecule has 0 spiro atoms. The molecule has 3 heterocycles. The van der Waals surface area contributed by atoms with E-state index in [4.69, 9.17) is 9.90 Å². The normalized spacial score (nSPS) is 14.0. The summed E-state index contributed by atoms with van der Waals surface area (Å²) in [6.07, 6.45) is -2.93. The van der Waals surface area contributed by atoms with Gasteiger partial charge in [0.15, 0.2) is 0 Å². The molecular weight excluding hydrogens is 604 g/mol. The molecule has 43 heavy (non-hydrogen) atoms. The number of sulfonamides is 1. The Hall–Kier alpha value is -4.57. The summed E-state index contributed by atoms with van der Waals surface area (Å²) in [6, 6.07) is 11.3. The summed E-state index contributed by atoms with van der Waals surface area (Å²) in [7, 11) is -3.93. The second-order valence-electron chi connectivity index (χ2n) is 8.99. The first-order valence-electron chi connectivity index (χ1n) is 12.3. The second kappa shape index (κ2) is 12.3. The molecule has 0 radical (unpaired) electrons. The number of anilines is 1. The van der Waals surface area contributed by atoms with Crippen LogP contribution in [0.25, 0.3) is 27.6 Å². The van der Waals surface area contributed by atoms with Gasteiger partial charge in [0.25, 0.3) is 10.0 Å². The maximum atomic E-state index is 13.5. The topological polar surface area (TPSA) is 134 Å². The molecule has 0 aliphatic carbocycles. The Bertz CT molecular complexity index is 1780. The maximum Gasteiger partial charge on any atom is 0.490 e. The van der Waals surface area contributed by atoms with Gasteiger partial charge in [0, 0.05) is 29.9 Å². The van der Waals surface area contributed by atoms with E-state index in [1.807, 2.05) is 6.08 Å². The fourth-order valence-corrected chi connectivity index (χ4v) is 5.19. The quantitative estimate of drug-likeness (QED) is 0.247. The zero-order valence-electron chi connectivity index (χ0n) is 21.7. The Morgan fingerprint density at radius 1 is 0.930 bits per heavy atom. The van der Waals surface area contributed by atoms with Crippen LogP contribution in [0.1, 0.15) is 17.5 Å². The molecule has 1 aliphatic rings. The average molecular weight is 626 g/mol. The van der Waals surface area contributed by atoms with Gasteiger partial charge in [-0.25, -0.2) is 23.2 Å². The number of pyridine rings is 1. The highest BCUT2D eigenvalue weighted by Gasteiger charge is 2.38. The lowest BCUT2D eigenvalue weighted by Crippen LogP contribution is -2.21. The van der Waals surface area contributed by atoms with Gasteiger partial charge in [-0.1, -0.05) is 18.2 Å². The summed E-state index contributed by atoms with van der Waals surface area (Å²) in [5, 5.41) is 11.5. The third-order valence-electron chi connectivity index (χ3n) is 6.12. The molecule has 0 amide bonds. The molecule has 1 aliphatic heterocycles. The minimum atomic E-state index is -5.08. The van der Waals surface area contributed by atoms with E-state index in [9.17, 15) is 34.8 Å². The molecule has 5 rings (SSSR count). The number of hydrogen-bond acceptors (Lipinski definition) is 7. The van der Waals surface area contributed by atoms with Gasteiger partial charge in [-0.05, 0) is 65.9 Å². The van der Waals surface area contributed by atoms with Crippen LogP contribution >= 0.6 is 0 Å². The average Bonchev–Trinajstić information content (AvgIpc) is 2.96. The Labute approximate surface area is 240 Å². The van der Waals surface area contributed by atoms with E-state index in [-0.39, 0.29) is 10.7 Å². The maximum absolute atomic E-state index is 13.5. The smallest absolute Gasteiger partial charge is 0.475 e. The zero-order valence-corrected chi connectivity index (χ0v) is 22.6. The Kier molecular flexibility index (Phi) is 9.01. The van der Waals surface area contributed by atoms with Crippen LogP contribution < -0.4 is 10.0 Å². The second-order valence-corrected chi connectivity index (χ2v) is 10.7. The highest BCUT2D eigenvalue weighted by Crippen LogP contribution is 2.39. The number of aliphatic carboxylic acids is 1. The molecule has 0 bridgehead atoms. The number of carboxylic acids is 1. The predicted octanol–water partition coefficient (Wildman–Crippen LogP) is 5.52. The van der Waals surface area contributed by atoms with Crippen molar-refractivity contribution < 1.29 is 44.7 Å². The van der Waals surface area contributed by atoms with Crippen LogP contribution in [0, 0.1) is 0 Å². The number of hydrogen-bond donors (Lipinski definition) is 3. The molecule has 0 saturated heterocycles. The number of halogens is 6. The van der Waals surface area contributed by atoms with Crippen LogP contribution in [0.2, 0.25) is 0 Å². The summed E-state index contributed by atoms with van der Waals surface area (Å²) in [4.78, 5) is 21.0. The summed E-state index contributed by atoms with van der Waals surface area (Å²) in [6.45, 7) is 1.22. The molecule has 16 heteroatoms. The SMILES string of the molecule is O=C(O)C(F)(F)F.O=S(=O)(Nc1ccncn1)c1ccc2c(-c3ccc(C(F)(F)F)cc3C3=CCNCC3)nccc2c1. The van der Waals surface area contributed by atoms with E-state index in [0.717, 1.165) is 17.7 Å². The first-order chi connectivity index (χ1) is 20.2. The lowest BCUT2D eigenvalue weighted by molar-refractivity contribution is -0.192. The number of carboxylic acid groups (broad SMARTS) is 1. The fraction of sp³-hybridized carbons (Fsp3) is 0.185. The monoisotopic (exact) mass is 625 g/mol. The summed E-state index contributed by atoms with van der Waals surface area (Å²) in [5.74, 6) is -2.63. The van der Waals surface area contributed by atoms with Crippen molar-refractivity contribution in [1.82, 2.24) is 20.3 Å². The van der Waals surface area contributed by atoms with Gasteiger partial charge in [-0.2, -0.15) is 26.3 Å². The van der Waals surface area contributed by atoms with E-state index in [1.54, 1.807) is 12.1 Å². The first-order valence-corrected chi connectivity index (χ1v) is 13.7. The van der Waals surface area contributed by atoms with Crippen LogP contribution in [0.4, 0.5) is 32.2 Å². The standard InChI is InChI=1S/C25H20F3N5O2S.C2HF3O2/c26-25(27,28)18-1-3-21(22(14-18)16-5-9-29-10-6-16)24-20-4-2-19(13-17(20)7-12-31-24)36(34,35)33-23-8-11-30-15-32-23;3-2(4,5)1(6)7/h1-5,7-8,11-15,29H,6,9-10H2,(H,30,32,33);(H,6,7). The predicted molar refractivity (Wildman–Crippen MR) is 144 cm³/mol. The van der Waals surface area contributed by atoms with Crippen LogP contribution in [0.5, 0.6) is 0 Å². The Balaban J connectivity index is 0.000000541. The zero-order chi connectivity index (χ0) is 31.4. The van der Waals surface area contributed by atoms with E-state index >= 15 is 0 Å². The van der Waals surface area contributed by atoms with Crippen LogP contribution in [0.15, 0.2) is 78.2 Å². The van der Waals surface area contributed by atoms with Crippen molar-refractivity contribution in [1.29, 1.82) is 0 Å². The lowest BCUT2D eigenvalue weighted by Gasteiger charge is -2.20. The molecule has 0 atom stereocenters. The van der Waals surface area contributed by atoms with Gasteiger partial charge in [0.05, 0.1) is 16.2 Å². The van der Waals surface area contributed by atoms with Gasteiger partial charge in [-0.15, -0.1) is 0 Å². The number of benzene rings is 2. The molecule has 3 N–H and O–H groups in total. The Morgan fingerprint density at radius 2 is 1.67 bits per heavy atom. The summed E-state index contributed by atoms with van der Waals surface area (Å²) >= 11 is 0. The molecular formula is C27H21F6N5O4S. The van der Waals surface area contributed by atoms with Gasteiger partial charge >= 0.3 is 18.3 Å². The van der Waals surface area contributed by atoms with Gasteiger partial charge in [-0.3, -0.25) is 9.71 Å². The van der Waals surface area contributed by atoms with Crippen molar-refractivity contribution in [2.75, 3.05) is 17.8 Å². The van der Waals surface area contributed by atoms with Crippen molar-refractivity contribution >= 4 is 38.2 Å². The Morgan fingerprint density at radius 3 is 2.28 bits per heavy atom. The highest BCUT2D eigenvalue weighted by molar-refractivity contribution is 7.92. The van der Waals surface area contributed by atoms with Crippen molar-refractivity contribution in [2.24, 2.45) is 0 Å². The number of rotatable bonds is 5. The van der Waals surface area contributed by atoms with Gasteiger partial charge in [0.1, 0.15) is 12.1 Å². The highest BCUT2D eigenvalue weighted by atomic mass is 32.2. The minimum absolute atomic E-state index is 0.0134. The van der Waals surface area contributed by atoms with E-state index in [0.29, 0.717) is 47.1 Å². The van der Waals surface area contributed by atoms with Crippen molar-refractivity contribution in [3.05, 3.63) is 84.5 Å². The number of carbonyl (C=O) groups is 1. The van der Waals surface area contributed by atoms with Crippen molar-refractivity contribution in [2.45, 2.75) is 23.7 Å². The minimum Gasteiger partial charge on any atom is -0.475 e. The lowest BCUT2D eigenvalue weighted by atomic mass is 9.90. The molecule has 4 aromatic rings. The molecule has 226 valence electrons. The van der Waals surface area contributed by atoms with E-state index < -0.39 is 33.9 Å². The van der Waals surface area contributed by atoms with Gasteiger partial charge < -0.3 is 10.4 Å². The third-order valence-corrected chi connectivity index (χ3v) is 7.47. The van der Waals surface area contributed by atoms with Crippen molar-refractivity contribution in [3.8, 4) is 11.3 Å². The number of alkyl halides is 6. The van der Waals surface area contributed by atoms with Crippen LogP contribution in [0.3, 0.4) is 0 Å². The van der Waals surface area contributed by atoms with E-state index in [1.165, 1.54) is 43.0 Å². The summed E-state index contributed by atoms with van der Waals surface area (Å²) in [5.41, 5.74) is 1.57. The number of aromatic nitrogens is 3. The molecule has 2 aromatic heterocycles. The number of fused-ring (bicyclic) bond motifs is 1. The van der Waals surface area contributed by atoms with E-state index in [2.05, 4.69) is 25.0 Å². The fourth-order valence-electron chi connectivity index (χ4n) is 4.15. The largest absolute Gasteiger partial charge is 0.490 e. The first kappa shape index (κ1) is 31.4. The molecule has 0 unspecified atom stereocenters. The van der Waals surface area contributed by atoms with Crippen LogP contribution in [-0.2, 0) is 21.0 Å². The molecule has 0 saturated carbocycles. The molecule has 0 fully saturated rings. The van der Waals surface area contributed by atoms with Gasteiger partial charge in [0.2, 0.25) is 0 Å². The number of nitrogens with zero attached hydrogens (tertiary/aromatic N) is 3. The van der Waals surface area contributed by atoms with Crippen LogP contribution in [-0.4, -0.2) is 53.7 Å². The van der Waals surface area contributed by atoms with Crippen molar-refractivity contribution in [3.63, 3.8) is 0 Å².